The SMILES string of the molecule is Cc1ccc(S(=O)(=O)n2c(N)nc3cc(Oc4ccc(NC(=O)Nc5cc(C(F)(F)F)ccc5F)cc4)ccc32)cc1. The Morgan fingerprint density at radius 1 is 0.905 bits per heavy atom. The molecule has 0 fully saturated rings. The number of aromatic nitrogens is 2. The Balaban J connectivity index is 1.28. The monoisotopic (exact) mass is 599 g/mol. The molecule has 0 aliphatic carbocycles. The van der Waals surface area contributed by atoms with Crippen molar-refractivity contribution >= 4 is 44.4 Å². The maximum Gasteiger partial charge on any atom is 0.416 e. The van der Waals surface area contributed by atoms with Gasteiger partial charge in [0.25, 0.3) is 10.0 Å². The van der Waals surface area contributed by atoms with Gasteiger partial charge >= 0.3 is 12.2 Å². The molecule has 0 saturated heterocycles. The summed E-state index contributed by atoms with van der Waals surface area (Å²) in [5.41, 5.74) is 5.90. The van der Waals surface area contributed by atoms with E-state index in [-0.39, 0.29) is 27.6 Å². The molecule has 0 saturated carbocycles. The van der Waals surface area contributed by atoms with Gasteiger partial charge in [0.2, 0.25) is 5.95 Å². The predicted molar refractivity (Wildman–Crippen MR) is 148 cm³/mol. The van der Waals surface area contributed by atoms with Crippen LogP contribution in [0.15, 0.2) is 89.8 Å². The van der Waals surface area contributed by atoms with Crippen LogP contribution in [0.25, 0.3) is 11.0 Å². The average molecular weight is 600 g/mol. The highest BCUT2D eigenvalue weighted by atomic mass is 32.2. The number of ether oxygens (including phenoxy) is 1. The van der Waals surface area contributed by atoms with Gasteiger partial charge in [0.15, 0.2) is 0 Å². The number of nitrogens with two attached hydrogens (primary N) is 1. The summed E-state index contributed by atoms with van der Waals surface area (Å²) < 4.78 is 85.8. The molecule has 4 N–H and O–H groups in total. The normalized spacial score (nSPS) is 11.8. The molecule has 0 unspecified atom stereocenters. The Hall–Kier alpha value is -5.11. The van der Waals surface area contributed by atoms with E-state index >= 15 is 0 Å². The summed E-state index contributed by atoms with van der Waals surface area (Å²) in [6.45, 7) is 1.84. The standard InChI is InChI=1S/C28H21F4N5O4S/c1-16-2-10-21(11-3-16)42(39,40)37-25-13-9-20(15-24(25)35-26(37)33)41-19-7-5-18(6-8-19)34-27(38)36-23-14-17(28(30,31)32)4-12-22(23)29/h2-15H,1H3,(H2,33,35)(H2,34,36,38). The number of carbonyl (C=O) groups is 1. The van der Waals surface area contributed by atoms with Crippen LogP contribution in [0.2, 0.25) is 0 Å². The maximum atomic E-state index is 13.9. The second-order valence-corrected chi connectivity index (χ2v) is 10.9. The molecule has 9 nitrogen and oxygen atoms in total. The largest absolute Gasteiger partial charge is 0.457 e. The first-order chi connectivity index (χ1) is 19.8. The summed E-state index contributed by atoms with van der Waals surface area (Å²) in [7, 11) is -4.01. The number of imidazole rings is 1. The average Bonchev–Trinajstić information content (AvgIpc) is 3.26. The molecule has 0 aliphatic rings. The van der Waals surface area contributed by atoms with Gasteiger partial charge in [-0.3, -0.25) is 0 Å². The molecule has 1 heterocycles. The zero-order chi connectivity index (χ0) is 30.2. The Morgan fingerprint density at radius 3 is 2.24 bits per heavy atom. The van der Waals surface area contributed by atoms with E-state index in [4.69, 9.17) is 10.5 Å². The highest BCUT2D eigenvalue weighted by Gasteiger charge is 2.31. The molecule has 2 amide bonds. The van der Waals surface area contributed by atoms with E-state index in [1.807, 2.05) is 6.92 Å². The number of hydrogen-bond acceptors (Lipinski definition) is 6. The molecule has 216 valence electrons. The predicted octanol–water partition coefficient (Wildman–Crippen LogP) is 6.76. The van der Waals surface area contributed by atoms with Crippen molar-refractivity contribution < 1.29 is 35.5 Å². The summed E-state index contributed by atoms with van der Waals surface area (Å²) >= 11 is 0. The van der Waals surface area contributed by atoms with Gasteiger partial charge in [-0.05, 0) is 73.7 Å². The van der Waals surface area contributed by atoms with Gasteiger partial charge in [-0.1, -0.05) is 17.7 Å². The number of hydrogen-bond donors (Lipinski definition) is 3. The fraction of sp³-hybridized carbons (Fsp3) is 0.0714. The van der Waals surface area contributed by atoms with Crippen molar-refractivity contribution in [3.8, 4) is 11.5 Å². The van der Waals surface area contributed by atoms with Crippen LogP contribution < -0.4 is 21.1 Å². The van der Waals surface area contributed by atoms with E-state index < -0.39 is 39.3 Å². The van der Waals surface area contributed by atoms with Crippen molar-refractivity contribution in [3.05, 3.63) is 102 Å². The number of nitrogens with one attached hydrogen (secondary N) is 2. The van der Waals surface area contributed by atoms with Crippen LogP contribution >= 0.6 is 0 Å². The summed E-state index contributed by atoms with van der Waals surface area (Å²) in [5, 5.41) is 4.45. The number of anilines is 3. The van der Waals surface area contributed by atoms with E-state index in [0.717, 1.165) is 9.54 Å². The summed E-state index contributed by atoms with van der Waals surface area (Å²) in [6, 6.07) is 17.5. The first-order valence-electron chi connectivity index (χ1n) is 12.1. The second-order valence-electron chi connectivity index (χ2n) is 9.10. The molecule has 0 bridgehead atoms. The smallest absolute Gasteiger partial charge is 0.416 e. The molecule has 1 aromatic heterocycles. The van der Waals surface area contributed by atoms with Crippen molar-refractivity contribution in [1.29, 1.82) is 0 Å². The molecular formula is C28H21F4N5O4S. The van der Waals surface area contributed by atoms with Crippen molar-refractivity contribution in [2.45, 2.75) is 18.0 Å². The number of benzene rings is 4. The van der Waals surface area contributed by atoms with Gasteiger partial charge in [0.1, 0.15) is 17.3 Å². The van der Waals surface area contributed by atoms with E-state index in [1.54, 1.807) is 12.1 Å². The Labute approximate surface area is 236 Å². The molecule has 0 radical (unpaired) electrons. The van der Waals surface area contributed by atoms with Gasteiger partial charge < -0.3 is 21.1 Å². The topological polar surface area (TPSA) is 128 Å². The van der Waals surface area contributed by atoms with Gasteiger partial charge in [-0.25, -0.2) is 26.6 Å². The molecule has 14 heteroatoms. The van der Waals surface area contributed by atoms with Gasteiger partial charge in [-0.15, -0.1) is 0 Å². The first kappa shape index (κ1) is 28.4. The van der Waals surface area contributed by atoms with E-state index in [0.29, 0.717) is 29.7 Å². The minimum atomic E-state index is -4.70. The van der Waals surface area contributed by atoms with Crippen LogP contribution in [0.4, 0.5) is 39.7 Å². The molecule has 4 aromatic carbocycles. The van der Waals surface area contributed by atoms with Crippen molar-refractivity contribution in [2.75, 3.05) is 16.4 Å². The van der Waals surface area contributed by atoms with E-state index in [9.17, 15) is 30.8 Å². The zero-order valence-corrected chi connectivity index (χ0v) is 22.4. The number of fused-ring (bicyclic) bond motifs is 1. The van der Waals surface area contributed by atoms with E-state index in [2.05, 4.69) is 15.6 Å². The third kappa shape index (κ3) is 5.83. The van der Waals surface area contributed by atoms with Gasteiger partial charge in [0.05, 0.1) is 27.2 Å². The van der Waals surface area contributed by atoms with E-state index in [1.165, 1.54) is 54.6 Å². The second kappa shape index (κ2) is 10.7. The highest BCUT2D eigenvalue weighted by Crippen LogP contribution is 2.32. The fourth-order valence-electron chi connectivity index (χ4n) is 4.01. The molecule has 0 atom stereocenters. The third-order valence-corrected chi connectivity index (χ3v) is 7.79. The molecule has 42 heavy (non-hydrogen) atoms. The van der Waals surface area contributed by atoms with Crippen LogP contribution in [-0.2, 0) is 16.2 Å². The molecule has 0 aliphatic heterocycles. The number of urea groups is 1. The van der Waals surface area contributed by atoms with Crippen LogP contribution in [0.3, 0.4) is 0 Å². The van der Waals surface area contributed by atoms with Crippen LogP contribution in [-0.4, -0.2) is 23.4 Å². The van der Waals surface area contributed by atoms with Crippen LogP contribution in [0, 0.1) is 12.7 Å². The van der Waals surface area contributed by atoms with Crippen molar-refractivity contribution in [1.82, 2.24) is 8.96 Å². The minimum absolute atomic E-state index is 0.0572. The Kier molecular flexibility index (Phi) is 7.24. The number of nitrogens with zero attached hydrogens (tertiary/aromatic N) is 2. The number of nitrogen functional groups attached to an aromatic ring is 1. The lowest BCUT2D eigenvalue weighted by Gasteiger charge is -2.12. The summed E-state index contributed by atoms with van der Waals surface area (Å²) in [5.74, 6) is -0.595. The zero-order valence-electron chi connectivity index (χ0n) is 21.6. The number of halogens is 4. The number of carbonyl (C=O) groups excluding carboxylic acids is 1. The fourth-order valence-corrected chi connectivity index (χ4v) is 5.40. The van der Waals surface area contributed by atoms with Crippen LogP contribution in [0.1, 0.15) is 11.1 Å². The Morgan fingerprint density at radius 2 is 1.57 bits per heavy atom. The minimum Gasteiger partial charge on any atom is -0.457 e. The van der Waals surface area contributed by atoms with Crippen molar-refractivity contribution in [3.63, 3.8) is 0 Å². The molecular weight excluding hydrogens is 578 g/mol. The van der Waals surface area contributed by atoms with Crippen molar-refractivity contribution in [2.24, 2.45) is 0 Å². The quantitative estimate of drug-likeness (QED) is 0.185. The van der Waals surface area contributed by atoms with Gasteiger partial charge in [-0.2, -0.15) is 13.2 Å². The molecule has 5 rings (SSSR count). The Bertz CT molecular complexity index is 1910. The lowest BCUT2D eigenvalue weighted by Crippen LogP contribution is -2.20. The number of alkyl halides is 3. The molecule has 0 spiro atoms. The van der Waals surface area contributed by atoms with Gasteiger partial charge in [0, 0.05) is 11.8 Å². The summed E-state index contributed by atoms with van der Waals surface area (Å²) in [6.07, 6.45) is -4.70. The maximum absolute atomic E-state index is 13.9. The highest BCUT2D eigenvalue weighted by molar-refractivity contribution is 7.90. The summed E-state index contributed by atoms with van der Waals surface area (Å²) in [4.78, 5) is 16.5. The number of rotatable bonds is 6. The number of aryl methyl sites for hydroxylation is 1. The number of amides is 2. The lowest BCUT2D eigenvalue weighted by atomic mass is 10.2. The third-order valence-electron chi connectivity index (χ3n) is 6.06. The van der Waals surface area contributed by atoms with Crippen LogP contribution in [0.5, 0.6) is 11.5 Å². The molecule has 5 aromatic rings. The first-order valence-corrected chi connectivity index (χ1v) is 13.6. The lowest BCUT2D eigenvalue weighted by molar-refractivity contribution is -0.137.